The summed E-state index contributed by atoms with van der Waals surface area (Å²) in [6.45, 7) is 5.98. The van der Waals surface area contributed by atoms with Crippen molar-refractivity contribution in [3.8, 4) is 5.75 Å². The molecule has 124 valence electrons. The molecule has 0 bridgehead atoms. The second-order valence-corrected chi connectivity index (χ2v) is 8.23. The Morgan fingerprint density at radius 2 is 2.18 bits per heavy atom. The molecule has 1 saturated heterocycles. The molecule has 1 aliphatic rings. The number of hydrogen-bond acceptors (Lipinski definition) is 4. The van der Waals surface area contributed by atoms with E-state index >= 15 is 0 Å². The predicted octanol–water partition coefficient (Wildman–Crippen LogP) is 2.53. The van der Waals surface area contributed by atoms with Crippen molar-refractivity contribution in [1.29, 1.82) is 0 Å². The van der Waals surface area contributed by atoms with Gasteiger partial charge in [-0.3, -0.25) is 0 Å². The summed E-state index contributed by atoms with van der Waals surface area (Å²) in [5.41, 5.74) is 0.945. The van der Waals surface area contributed by atoms with Gasteiger partial charge in [0.05, 0.1) is 7.11 Å². The minimum absolute atomic E-state index is 0.00901. The van der Waals surface area contributed by atoms with Gasteiger partial charge in [0.25, 0.3) is 0 Å². The molecule has 0 spiro atoms. The van der Waals surface area contributed by atoms with Crippen molar-refractivity contribution < 1.29 is 13.2 Å². The zero-order valence-corrected chi connectivity index (χ0v) is 15.6. The molecule has 1 unspecified atom stereocenters. The summed E-state index contributed by atoms with van der Waals surface area (Å²) in [4.78, 5) is 0.229. The standard InChI is InChI=1S/C15H23BrN2O3S/c1-4-7-18(12-5-6-17-10-12)22(19,20)15-9-13(16)11(2)8-14(15)21-3/h8-9,12,17H,4-7,10H2,1-3H3. The maximum absolute atomic E-state index is 13.1. The van der Waals surface area contributed by atoms with Gasteiger partial charge >= 0.3 is 0 Å². The molecule has 1 heterocycles. The molecule has 2 rings (SSSR count). The predicted molar refractivity (Wildman–Crippen MR) is 90.9 cm³/mol. The fourth-order valence-electron chi connectivity index (χ4n) is 2.73. The van der Waals surface area contributed by atoms with Gasteiger partial charge in [0.2, 0.25) is 10.0 Å². The SMILES string of the molecule is CCCN(C1CCNC1)S(=O)(=O)c1cc(Br)c(C)cc1OC. The summed E-state index contributed by atoms with van der Waals surface area (Å²) >= 11 is 3.42. The second kappa shape index (κ2) is 7.29. The van der Waals surface area contributed by atoms with Gasteiger partial charge in [-0.05, 0) is 44.0 Å². The quantitative estimate of drug-likeness (QED) is 0.810. The molecule has 1 atom stereocenters. The van der Waals surface area contributed by atoms with Crippen molar-refractivity contribution in [2.24, 2.45) is 0 Å². The summed E-state index contributed by atoms with van der Waals surface area (Å²) < 4.78 is 34.0. The largest absolute Gasteiger partial charge is 0.495 e. The van der Waals surface area contributed by atoms with Crippen LogP contribution in [-0.2, 0) is 10.0 Å². The van der Waals surface area contributed by atoms with Crippen LogP contribution in [0.1, 0.15) is 25.3 Å². The summed E-state index contributed by atoms with van der Waals surface area (Å²) in [5, 5.41) is 3.24. The molecule has 1 aromatic rings. The lowest BCUT2D eigenvalue weighted by Crippen LogP contribution is -2.42. The van der Waals surface area contributed by atoms with Gasteiger partial charge < -0.3 is 10.1 Å². The van der Waals surface area contributed by atoms with Gasteiger partial charge in [0.1, 0.15) is 10.6 Å². The van der Waals surface area contributed by atoms with E-state index in [4.69, 9.17) is 4.74 Å². The molecule has 22 heavy (non-hydrogen) atoms. The Bertz CT molecular complexity index is 628. The Morgan fingerprint density at radius 3 is 2.73 bits per heavy atom. The Hall–Kier alpha value is -0.630. The number of nitrogens with one attached hydrogen (secondary N) is 1. The third kappa shape index (κ3) is 3.48. The molecule has 1 N–H and O–H groups in total. The van der Waals surface area contributed by atoms with E-state index in [1.165, 1.54) is 7.11 Å². The van der Waals surface area contributed by atoms with Crippen LogP contribution in [-0.4, -0.2) is 45.5 Å². The van der Waals surface area contributed by atoms with Crippen LogP contribution in [0.2, 0.25) is 0 Å². The van der Waals surface area contributed by atoms with Crippen molar-refractivity contribution in [3.05, 3.63) is 22.2 Å². The van der Waals surface area contributed by atoms with E-state index in [0.29, 0.717) is 18.8 Å². The molecule has 1 fully saturated rings. The normalized spacial score (nSPS) is 18.9. The molecular weight excluding hydrogens is 368 g/mol. The van der Waals surface area contributed by atoms with Gasteiger partial charge in [0.15, 0.2) is 0 Å². The average Bonchev–Trinajstić information content (AvgIpc) is 3.00. The third-order valence-corrected chi connectivity index (χ3v) is 6.74. The molecule has 1 aromatic carbocycles. The van der Waals surface area contributed by atoms with Gasteiger partial charge in [-0.25, -0.2) is 8.42 Å². The van der Waals surface area contributed by atoms with Crippen LogP contribution in [0.4, 0.5) is 0 Å². The first kappa shape index (κ1) is 17.7. The van der Waals surface area contributed by atoms with Crippen molar-refractivity contribution in [3.63, 3.8) is 0 Å². The summed E-state index contributed by atoms with van der Waals surface area (Å²) in [7, 11) is -2.09. The van der Waals surface area contributed by atoms with E-state index in [-0.39, 0.29) is 10.9 Å². The number of methoxy groups -OCH3 is 1. The molecular formula is C15H23BrN2O3S. The number of aryl methyl sites for hydroxylation is 1. The molecule has 5 nitrogen and oxygen atoms in total. The molecule has 0 aliphatic carbocycles. The summed E-state index contributed by atoms with van der Waals surface area (Å²) in [5.74, 6) is 0.396. The lowest BCUT2D eigenvalue weighted by atomic mass is 10.2. The first-order valence-electron chi connectivity index (χ1n) is 7.48. The Morgan fingerprint density at radius 1 is 1.45 bits per heavy atom. The van der Waals surface area contributed by atoms with Crippen molar-refractivity contribution in [2.75, 3.05) is 26.7 Å². The number of rotatable bonds is 6. The van der Waals surface area contributed by atoms with Gasteiger partial charge in [0, 0.05) is 23.6 Å². The number of nitrogens with zero attached hydrogens (tertiary/aromatic N) is 1. The lowest BCUT2D eigenvalue weighted by molar-refractivity contribution is 0.331. The van der Waals surface area contributed by atoms with E-state index in [1.54, 1.807) is 16.4 Å². The smallest absolute Gasteiger partial charge is 0.247 e. The Balaban J connectivity index is 2.49. The highest BCUT2D eigenvalue weighted by Gasteiger charge is 2.34. The maximum atomic E-state index is 13.1. The van der Waals surface area contributed by atoms with Crippen LogP contribution in [0.5, 0.6) is 5.75 Å². The monoisotopic (exact) mass is 390 g/mol. The number of sulfonamides is 1. The van der Waals surface area contributed by atoms with E-state index in [1.807, 2.05) is 13.8 Å². The fraction of sp³-hybridized carbons (Fsp3) is 0.600. The number of hydrogen-bond donors (Lipinski definition) is 1. The average molecular weight is 391 g/mol. The second-order valence-electron chi connectivity index (χ2n) is 5.51. The molecule has 7 heteroatoms. The molecule has 0 aromatic heterocycles. The van der Waals surface area contributed by atoms with Crippen LogP contribution in [0.25, 0.3) is 0 Å². The number of benzene rings is 1. The Labute approximate surface area is 141 Å². The fourth-order valence-corrected chi connectivity index (χ4v) is 5.14. The third-order valence-electron chi connectivity index (χ3n) is 3.92. The molecule has 0 saturated carbocycles. The molecule has 0 amide bonds. The first-order chi connectivity index (χ1) is 10.4. The highest BCUT2D eigenvalue weighted by atomic mass is 79.9. The van der Waals surface area contributed by atoms with Crippen LogP contribution in [0.3, 0.4) is 0 Å². The van der Waals surface area contributed by atoms with Crippen LogP contribution in [0, 0.1) is 6.92 Å². The maximum Gasteiger partial charge on any atom is 0.247 e. The highest BCUT2D eigenvalue weighted by molar-refractivity contribution is 9.10. The van der Waals surface area contributed by atoms with E-state index < -0.39 is 10.0 Å². The minimum Gasteiger partial charge on any atom is -0.495 e. The van der Waals surface area contributed by atoms with Gasteiger partial charge in [-0.2, -0.15) is 4.31 Å². The van der Waals surface area contributed by atoms with Crippen molar-refractivity contribution in [2.45, 2.75) is 37.6 Å². The summed E-state index contributed by atoms with van der Waals surface area (Å²) in [6.07, 6.45) is 1.62. The topological polar surface area (TPSA) is 58.6 Å². The van der Waals surface area contributed by atoms with Crippen LogP contribution < -0.4 is 10.1 Å². The van der Waals surface area contributed by atoms with Gasteiger partial charge in [-0.15, -0.1) is 0 Å². The Kier molecular flexibility index (Phi) is 5.87. The first-order valence-corrected chi connectivity index (χ1v) is 9.71. The summed E-state index contributed by atoms with van der Waals surface area (Å²) in [6, 6.07) is 3.41. The van der Waals surface area contributed by atoms with Crippen molar-refractivity contribution >= 4 is 26.0 Å². The van der Waals surface area contributed by atoms with E-state index in [0.717, 1.165) is 29.4 Å². The lowest BCUT2D eigenvalue weighted by Gasteiger charge is -2.28. The van der Waals surface area contributed by atoms with Crippen LogP contribution in [0.15, 0.2) is 21.5 Å². The van der Waals surface area contributed by atoms with Crippen LogP contribution >= 0.6 is 15.9 Å². The van der Waals surface area contributed by atoms with E-state index in [9.17, 15) is 8.42 Å². The highest BCUT2D eigenvalue weighted by Crippen LogP contribution is 2.33. The zero-order chi connectivity index (χ0) is 16.3. The number of ether oxygens (including phenoxy) is 1. The molecule has 0 radical (unpaired) electrons. The van der Waals surface area contributed by atoms with Crippen molar-refractivity contribution in [1.82, 2.24) is 9.62 Å². The van der Waals surface area contributed by atoms with E-state index in [2.05, 4.69) is 21.2 Å². The zero-order valence-electron chi connectivity index (χ0n) is 13.2. The number of halogens is 1. The van der Waals surface area contributed by atoms with Gasteiger partial charge in [-0.1, -0.05) is 22.9 Å². The minimum atomic E-state index is -3.59. The molecule has 1 aliphatic heterocycles.